The van der Waals surface area contributed by atoms with E-state index in [1.54, 1.807) is 12.5 Å². The van der Waals surface area contributed by atoms with Gasteiger partial charge in [-0.25, -0.2) is 5.48 Å². The number of hydroxylamine groups is 1. The number of benzene rings is 2. The standard InChI is InChI=1S/C18H20N2O3/c1-20(13-15-10-6-3-7-11-15)18(22)16(17(21)19-23)12-14-8-4-2-5-9-14/h2-11,16,23H,12-13H2,1H3,(H,19,21). The molecule has 120 valence electrons. The van der Waals surface area contributed by atoms with Crippen LogP contribution < -0.4 is 5.48 Å². The minimum atomic E-state index is -0.962. The van der Waals surface area contributed by atoms with Gasteiger partial charge in [-0.1, -0.05) is 60.7 Å². The first kappa shape index (κ1) is 16.7. The van der Waals surface area contributed by atoms with Crippen molar-refractivity contribution in [2.45, 2.75) is 13.0 Å². The number of amides is 2. The molecule has 0 heterocycles. The number of nitrogens with one attached hydrogen (secondary N) is 1. The molecule has 0 saturated carbocycles. The van der Waals surface area contributed by atoms with Crippen LogP contribution in [0, 0.1) is 5.92 Å². The van der Waals surface area contributed by atoms with Gasteiger partial charge in [0, 0.05) is 13.6 Å². The van der Waals surface area contributed by atoms with E-state index in [0.29, 0.717) is 6.54 Å². The molecule has 23 heavy (non-hydrogen) atoms. The fourth-order valence-electron chi connectivity index (χ4n) is 2.42. The number of rotatable bonds is 6. The maximum Gasteiger partial charge on any atom is 0.256 e. The molecule has 5 heteroatoms. The van der Waals surface area contributed by atoms with E-state index in [9.17, 15) is 9.59 Å². The smallest absolute Gasteiger partial charge is 0.256 e. The van der Waals surface area contributed by atoms with Crippen LogP contribution in [0.3, 0.4) is 0 Å². The van der Waals surface area contributed by atoms with Crippen molar-refractivity contribution in [2.75, 3.05) is 7.05 Å². The lowest BCUT2D eigenvalue weighted by Gasteiger charge is -2.23. The van der Waals surface area contributed by atoms with Crippen LogP contribution in [0.15, 0.2) is 60.7 Å². The van der Waals surface area contributed by atoms with E-state index in [1.807, 2.05) is 60.7 Å². The highest BCUT2D eigenvalue weighted by molar-refractivity contribution is 6.00. The summed E-state index contributed by atoms with van der Waals surface area (Å²) in [6.07, 6.45) is 0.241. The first-order valence-electron chi connectivity index (χ1n) is 7.38. The van der Waals surface area contributed by atoms with Gasteiger partial charge in [0.1, 0.15) is 5.92 Å². The molecule has 0 aliphatic heterocycles. The molecule has 0 saturated heterocycles. The van der Waals surface area contributed by atoms with Crippen LogP contribution >= 0.6 is 0 Å². The molecule has 0 aliphatic carbocycles. The number of nitrogens with zero attached hydrogens (tertiary/aromatic N) is 1. The third kappa shape index (κ3) is 4.66. The lowest BCUT2D eigenvalue weighted by atomic mass is 9.97. The largest absolute Gasteiger partial charge is 0.341 e. The second-order valence-corrected chi connectivity index (χ2v) is 5.40. The molecule has 0 aromatic heterocycles. The summed E-state index contributed by atoms with van der Waals surface area (Å²) in [6.45, 7) is 0.406. The molecule has 1 atom stereocenters. The zero-order chi connectivity index (χ0) is 16.7. The number of carbonyl (C=O) groups is 2. The third-order valence-electron chi connectivity index (χ3n) is 3.65. The van der Waals surface area contributed by atoms with Crippen molar-refractivity contribution in [3.63, 3.8) is 0 Å². The van der Waals surface area contributed by atoms with Gasteiger partial charge in [0.25, 0.3) is 5.91 Å². The Kier molecular flexibility index (Phi) is 5.88. The zero-order valence-corrected chi connectivity index (χ0v) is 13.0. The van der Waals surface area contributed by atoms with Gasteiger partial charge in [-0.2, -0.15) is 0 Å². The molecule has 2 N–H and O–H groups in total. The average Bonchev–Trinajstić information content (AvgIpc) is 2.60. The Morgan fingerprint density at radius 2 is 1.52 bits per heavy atom. The topological polar surface area (TPSA) is 69.6 Å². The number of hydrogen-bond acceptors (Lipinski definition) is 3. The Labute approximate surface area is 135 Å². The summed E-state index contributed by atoms with van der Waals surface area (Å²) < 4.78 is 0. The highest BCUT2D eigenvalue weighted by atomic mass is 16.5. The van der Waals surface area contributed by atoms with E-state index in [4.69, 9.17) is 5.21 Å². The van der Waals surface area contributed by atoms with Crippen molar-refractivity contribution in [2.24, 2.45) is 5.92 Å². The van der Waals surface area contributed by atoms with Crippen molar-refractivity contribution in [1.29, 1.82) is 0 Å². The molecule has 1 unspecified atom stereocenters. The summed E-state index contributed by atoms with van der Waals surface area (Å²) >= 11 is 0. The summed E-state index contributed by atoms with van der Waals surface area (Å²) in [7, 11) is 1.65. The van der Waals surface area contributed by atoms with E-state index in [2.05, 4.69) is 0 Å². The van der Waals surface area contributed by atoms with Gasteiger partial charge in [-0.15, -0.1) is 0 Å². The maximum atomic E-state index is 12.6. The van der Waals surface area contributed by atoms with Crippen LogP contribution in [0.5, 0.6) is 0 Å². The summed E-state index contributed by atoms with van der Waals surface area (Å²) in [5.74, 6) is -1.99. The fraction of sp³-hybridized carbons (Fsp3) is 0.222. The number of hydrogen-bond donors (Lipinski definition) is 2. The quantitative estimate of drug-likeness (QED) is 0.487. The molecular formula is C18H20N2O3. The molecule has 0 radical (unpaired) electrons. The van der Waals surface area contributed by atoms with Gasteiger partial charge in [0.05, 0.1) is 0 Å². The highest BCUT2D eigenvalue weighted by Crippen LogP contribution is 2.14. The minimum absolute atomic E-state index is 0.241. The van der Waals surface area contributed by atoms with Crippen molar-refractivity contribution in [1.82, 2.24) is 10.4 Å². The van der Waals surface area contributed by atoms with Gasteiger partial charge in [-0.3, -0.25) is 14.8 Å². The molecule has 2 amide bonds. The van der Waals surface area contributed by atoms with Crippen molar-refractivity contribution >= 4 is 11.8 Å². The van der Waals surface area contributed by atoms with Crippen molar-refractivity contribution < 1.29 is 14.8 Å². The number of carbonyl (C=O) groups excluding carboxylic acids is 2. The highest BCUT2D eigenvalue weighted by Gasteiger charge is 2.29. The molecule has 0 fully saturated rings. The van der Waals surface area contributed by atoms with Gasteiger partial charge < -0.3 is 4.90 Å². The molecule has 0 spiro atoms. The molecule has 2 aromatic rings. The Morgan fingerprint density at radius 1 is 1.00 bits per heavy atom. The summed E-state index contributed by atoms with van der Waals surface area (Å²) in [5.41, 5.74) is 3.44. The lowest BCUT2D eigenvalue weighted by Crippen LogP contribution is -2.42. The zero-order valence-electron chi connectivity index (χ0n) is 13.0. The fourth-order valence-corrected chi connectivity index (χ4v) is 2.42. The van der Waals surface area contributed by atoms with Gasteiger partial charge in [0.2, 0.25) is 5.91 Å². The minimum Gasteiger partial charge on any atom is -0.341 e. The van der Waals surface area contributed by atoms with E-state index < -0.39 is 11.8 Å². The Hall–Kier alpha value is -2.66. The predicted molar refractivity (Wildman–Crippen MR) is 86.5 cm³/mol. The predicted octanol–water partition coefficient (Wildman–Crippen LogP) is 2.01. The van der Waals surface area contributed by atoms with E-state index in [0.717, 1.165) is 11.1 Å². The van der Waals surface area contributed by atoms with Crippen molar-refractivity contribution in [3.05, 3.63) is 71.8 Å². The van der Waals surface area contributed by atoms with Crippen LogP contribution in [0.2, 0.25) is 0 Å². The second kappa shape index (κ2) is 8.10. The van der Waals surface area contributed by atoms with Crippen LogP contribution in [0.4, 0.5) is 0 Å². The summed E-state index contributed by atoms with van der Waals surface area (Å²) in [5, 5.41) is 8.93. The Bertz CT molecular complexity index is 644. The molecule has 5 nitrogen and oxygen atoms in total. The summed E-state index contributed by atoms with van der Waals surface area (Å²) in [6, 6.07) is 18.8. The summed E-state index contributed by atoms with van der Waals surface area (Å²) in [4.78, 5) is 26.0. The molecule has 0 bridgehead atoms. The van der Waals surface area contributed by atoms with Gasteiger partial charge in [-0.05, 0) is 17.5 Å². The lowest BCUT2D eigenvalue weighted by molar-refractivity contribution is -0.145. The monoisotopic (exact) mass is 312 g/mol. The van der Waals surface area contributed by atoms with E-state index >= 15 is 0 Å². The first-order chi connectivity index (χ1) is 11.1. The van der Waals surface area contributed by atoms with Crippen LogP contribution in [0.25, 0.3) is 0 Å². The van der Waals surface area contributed by atoms with Crippen LogP contribution in [-0.4, -0.2) is 29.0 Å². The average molecular weight is 312 g/mol. The maximum absolute atomic E-state index is 12.6. The van der Waals surface area contributed by atoms with Gasteiger partial charge in [0.15, 0.2) is 0 Å². The molecular weight excluding hydrogens is 292 g/mol. The normalized spacial score (nSPS) is 11.6. The SMILES string of the molecule is CN(Cc1ccccc1)C(=O)C(Cc1ccccc1)C(=O)NO. The molecule has 2 rings (SSSR count). The van der Waals surface area contributed by atoms with Crippen molar-refractivity contribution in [3.8, 4) is 0 Å². The van der Waals surface area contributed by atoms with E-state index in [-0.39, 0.29) is 12.3 Å². The first-order valence-corrected chi connectivity index (χ1v) is 7.38. The van der Waals surface area contributed by atoms with Crippen LogP contribution in [0.1, 0.15) is 11.1 Å². The Balaban J connectivity index is 2.11. The Morgan fingerprint density at radius 3 is 2.04 bits per heavy atom. The third-order valence-corrected chi connectivity index (χ3v) is 3.65. The van der Waals surface area contributed by atoms with Crippen LogP contribution in [-0.2, 0) is 22.6 Å². The molecule has 0 aliphatic rings. The van der Waals surface area contributed by atoms with Gasteiger partial charge >= 0.3 is 0 Å². The second-order valence-electron chi connectivity index (χ2n) is 5.40. The molecule has 2 aromatic carbocycles. The van der Waals surface area contributed by atoms with E-state index in [1.165, 1.54) is 4.90 Å².